The molecule has 0 heterocycles. The van der Waals surface area contributed by atoms with Crippen molar-refractivity contribution in [3.63, 3.8) is 0 Å². The van der Waals surface area contributed by atoms with Crippen molar-refractivity contribution in [3.8, 4) is 0 Å². The third-order valence-corrected chi connectivity index (χ3v) is 2.17. The van der Waals surface area contributed by atoms with Gasteiger partial charge in [0.2, 0.25) is 5.91 Å². The second-order valence-corrected chi connectivity index (χ2v) is 3.43. The number of carbonyl (C=O) groups is 2. The average molecular weight is 203 g/mol. The first-order chi connectivity index (χ1) is 6.93. The van der Waals surface area contributed by atoms with Crippen molar-refractivity contribution in [2.45, 2.75) is 39.3 Å². The Bertz CT molecular complexity index is 235. The molecule has 0 rings (SSSR count). The van der Waals surface area contributed by atoms with Gasteiger partial charge in [0.25, 0.3) is 0 Å². The van der Waals surface area contributed by atoms with Crippen molar-refractivity contribution in [3.05, 3.63) is 0 Å². The van der Waals surface area contributed by atoms with Gasteiger partial charge in [0.1, 0.15) is 7.45 Å². The lowest BCUT2D eigenvalue weighted by molar-refractivity contribution is -0.143. The summed E-state index contributed by atoms with van der Waals surface area (Å²) in [6, 6.07) is -1.60. The third-order valence-electron chi connectivity index (χ3n) is 2.17. The number of carboxylic acid groups (broad SMARTS) is 1. The number of hydrogen-bond acceptors (Lipinski definition) is 3. The Balaban J connectivity index is 4.42. The van der Waals surface area contributed by atoms with Crippen molar-refractivity contribution in [1.82, 2.24) is 5.32 Å². The minimum absolute atomic E-state index is 0.135. The van der Waals surface area contributed by atoms with Crippen LogP contribution in [0.4, 0.5) is 0 Å². The number of hydrogen-bond donors (Lipinski definition) is 3. The Morgan fingerprint density at radius 1 is 1.57 bits per heavy atom. The molecule has 1 amide bonds. The first kappa shape index (κ1) is 11.0. The molecule has 82 valence electrons. The van der Waals surface area contributed by atoms with E-state index < -0.39 is 24.0 Å². The van der Waals surface area contributed by atoms with Gasteiger partial charge in [0.05, 0.1) is 6.04 Å². The van der Waals surface area contributed by atoms with Gasteiger partial charge >= 0.3 is 5.97 Å². The van der Waals surface area contributed by atoms with Gasteiger partial charge in [-0.15, -0.1) is 0 Å². The van der Waals surface area contributed by atoms with E-state index in [2.05, 4.69) is 5.32 Å². The fourth-order valence-electron chi connectivity index (χ4n) is 0.961. The van der Waals surface area contributed by atoms with E-state index in [9.17, 15) is 9.59 Å². The lowest BCUT2D eigenvalue weighted by Crippen LogP contribution is -2.50. The van der Waals surface area contributed by atoms with Crippen molar-refractivity contribution < 1.29 is 16.1 Å². The number of carboxylic acids is 1. The smallest absolute Gasteiger partial charge is 0.326 e. The van der Waals surface area contributed by atoms with Crippen molar-refractivity contribution >= 4 is 11.9 Å². The summed E-state index contributed by atoms with van der Waals surface area (Å²) in [6.45, 7) is 5.12. The minimum atomic E-state index is -1.05. The van der Waals surface area contributed by atoms with Crippen molar-refractivity contribution in [2.24, 2.45) is 11.6 Å². The number of rotatable bonds is 6. The number of nitrogens with two attached hydrogens (primary N) is 1. The summed E-state index contributed by atoms with van der Waals surface area (Å²) in [5.41, 5.74) is 2.01. The zero-order valence-corrected chi connectivity index (χ0v) is 8.70. The third kappa shape index (κ3) is 3.74. The van der Waals surface area contributed by atoms with Crippen LogP contribution in [0.5, 0.6) is 0 Å². The second kappa shape index (κ2) is 5.59. The highest BCUT2D eigenvalue weighted by atomic mass is 16.4. The molecule has 0 aromatic rings. The van der Waals surface area contributed by atoms with Gasteiger partial charge < -0.3 is 16.2 Å². The van der Waals surface area contributed by atoms with Crippen molar-refractivity contribution in [2.75, 3.05) is 0 Å². The van der Waals surface area contributed by atoms with E-state index in [0.29, 0.717) is 6.42 Å². The fraction of sp³-hybridized carbons (Fsp3) is 0.778. The minimum Gasteiger partial charge on any atom is -0.480 e. The summed E-state index contributed by atoms with van der Waals surface area (Å²) in [5.74, 6) is -1.66. The lowest BCUT2D eigenvalue weighted by atomic mass is 9.99. The Morgan fingerprint density at radius 2 is 2.14 bits per heavy atom. The van der Waals surface area contributed by atoms with Crippen LogP contribution in [0.25, 0.3) is 0 Å². The fourth-order valence-corrected chi connectivity index (χ4v) is 0.961. The summed E-state index contributed by atoms with van der Waals surface area (Å²) in [4.78, 5) is 22.2. The first-order valence-electron chi connectivity index (χ1n) is 5.14. The highest BCUT2D eigenvalue weighted by Crippen LogP contribution is 2.07. The van der Waals surface area contributed by atoms with Gasteiger partial charge in [0.15, 0.2) is 0 Å². The molecule has 4 N–H and O–H groups in total. The van der Waals surface area contributed by atoms with E-state index in [0.717, 1.165) is 0 Å². The van der Waals surface area contributed by atoms with Crippen LogP contribution in [0.3, 0.4) is 0 Å². The van der Waals surface area contributed by atoms with Gasteiger partial charge in [-0.05, 0) is 12.8 Å². The molecule has 3 atom stereocenters. The molecule has 5 heteroatoms. The molecule has 0 radical (unpaired) electrons. The normalized spacial score (nSPS) is 17.8. The summed E-state index contributed by atoms with van der Waals surface area (Å²) in [5, 5.41) is 11.3. The molecular weight excluding hydrogens is 184 g/mol. The van der Waals surface area contributed by atoms with Gasteiger partial charge in [0, 0.05) is 0 Å². The van der Waals surface area contributed by atoms with E-state index in [1.165, 1.54) is 6.92 Å². The van der Waals surface area contributed by atoms with Crippen LogP contribution < -0.4 is 11.0 Å². The number of carbonyl (C=O) groups excluding carboxylic acids is 1. The predicted octanol–water partition coefficient (Wildman–Crippen LogP) is -0.0509. The maximum Gasteiger partial charge on any atom is 0.326 e. The standard InChI is InChI=1S/C9H18N2O3/c1-4-5(2)7(9(13)14)11-8(12)6(3)10/h5-7H,4,10H2,1-3H3,(H,11,12)(H,13,14)/t5-,6+,7-/m0/s1/i/hD. The maximum atomic E-state index is 11.4. The molecular formula is C9H18N2O3. The molecule has 0 aliphatic heterocycles. The zero-order chi connectivity index (χ0) is 12.0. The maximum absolute atomic E-state index is 11.4. The van der Waals surface area contributed by atoms with Crippen molar-refractivity contribution in [1.29, 1.82) is 0 Å². The summed E-state index contributed by atoms with van der Waals surface area (Å²) >= 11 is 0. The Hall–Kier alpha value is -1.10. The molecule has 0 aliphatic rings. The topological polar surface area (TPSA) is 92.4 Å². The number of aliphatic carboxylic acids is 1. The molecule has 5 nitrogen and oxygen atoms in total. The summed E-state index contributed by atoms with van der Waals surface area (Å²) < 4.78 is 6.78. The van der Waals surface area contributed by atoms with Crippen LogP contribution in [0.15, 0.2) is 0 Å². The summed E-state index contributed by atoms with van der Waals surface area (Å²) in [6.07, 6.45) is 0.667. The van der Waals surface area contributed by atoms with E-state index >= 15 is 0 Å². The molecule has 0 aromatic heterocycles. The predicted molar refractivity (Wildman–Crippen MR) is 52.7 cm³/mol. The van der Waals surface area contributed by atoms with Crippen LogP contribution in [0.1, 0.15) is 27.2 Å². The highest BCUT2D eigenvalue weighted by Gasteiger charge is 2.25. The Morgan fingerprint density at radius 3 is 2.50 bits per heavy atom. The van der Waals surface area contributed by atoms with Gasteiger partial charge in [-0.3, -0.25) is 4.79 Å². The second-order valence-electron chi connectivity index (χ2n) is 3.43. The molecule has 0 saturated carbocycles. The van der Waals surface area contributed by atoms with E-state index in [4.69, 9.17) is 6.52 Å². The van der Waals surface area contributed by atoms with Gasteiger partial charge in [-0.1, -0.05) is 20.3 Å². The van der Waals surface area contributed by atoms with Crippen LogP contribution in [0, 0.1) is 5.92 Å². The Kier molecular flexibility index (Phi) is 4.39. The number of amides is 1. The highest BCUT2D eigenvalue weighted by molar-refractivity contribution is 5.86. The monoisotopic (exact) mass is 203 g/mol. The molecule has 0 aliphatic carbocycles. The largest absolute Gasteiger partial charge is 0.480 e. The molecule has 0 saturated heterocycles. The van der Waals surface area contributed by atoms with Crippen LogP contribution in [0.2, 0.25) is 1.41 Å². The van der Waals surface area contributed by atoms with E-state index in [1.807, 2.05) is 12.7 Å². The molecule has 0 spiro atoms. The molecule has 0 unspecified atom stereocenters. The molecule has 0 fully saturated rings. The average Bonchev–Trinajstić information content (AvgIpc) is 2.22. The lowest BCUT2D eigenvalue weighted by Gasteiger charge is -2.20. The molecule has 14 heavy (non-hydrogen) atoms. The van der Waals surface area contributed by atoms with Crippen LogP contribution in [-0.4, -0.2) is 29.1 Å². The first-order valence-corrected chi connectivity index (χ1v) is 4.64. The SMILES string of the molecule is [2H]N[C@H](C)C(=O)N[C@H](C(=O)O)[C@@H](C)CC. The van der Waals surface area contributed by atoms with Gasteiger partial charge in [-0.25, -0.2) is 4.79 Å². The summed E-state index contributed by atoms with van der Waals surface area (Å²) in [7, 11) is 0. The van der Waals surface area contributed by atoms with Crippen LogP contribution in [-0.2, 0) is 9.59 Å². The zero-order valence-electron chi connectivity index (χ0n) is 9.70. The quantitative estimate of drug-likeness (QED) is 0.564. The van der Waals surface area contributed by atoms with E-state index in [1.54, 1.807) is 6.92 Å². The molecule has 0 bridgehead atoms. The molecule has 0 aromatic carbocycles. The Labute approximate surface area is 85.1 Å². The van der Waals surface area contributed by atoms with Crippen LogP contribution >= 0.6 is 0 Å². The van der Waals surface area contributed by atoms with Gasteiger partial charge in [-0.2, -0.15) is 0 Å². The van der Waals surface area contributed by atoms with E-state index in [-0.39, 0.29) is 5.92 Å². The number of nitrogens with one attached hydrogen (secondary N) is 1.